The number of anilines is 1. The second-order valence-electron chi connectivity index (χ2n) is 4.25. The summed E-state index contributed by atoms with van der Waals surface area (Å²) in [5.41, 5.74) is 1.59. The van der Waals surface area contributed by atoms with E-state index in [4.69, 9.17) is 10.00 Å². The lowest BCUT2D eigenvalue weighted by atomic mass is 10.1. The molecule has 1 fully saturated rings. The number of hydrogen-bond acceptors (Lipinski definition) is 3. The van der Waals surface area contributed by atoms with E-state index in [1.54, 1.807) is 0 Å². The van der Waals surface area contributed by atoms with E-state index in [0.29, 0.717) is 11.5 Å². The molecule has 90 valence electrons. The molecule has 0 saturated carbocycles. The zero-order valence-corrected chi connectivity index (χ0v) is 11.2. The van der Waals surface area contributed by atoms with E-state index in [9.17, 15) is 0 Å². The van der Waals surface area contributed by atoms with Gasteiger partial charge >= 0.3 is 0 Å². The average molecular weight is 295 g/mol. The molecule has 1 aliphatic rings. The van der Waals surface area contributed by atoms with Gasteiger partial charge in [0, 0.05) is 24.2 Å². The maximum Gasteiger partial charge on any atom is 0.101 e. The van der Waals surface area contributed by atoms with Crippen LogP contribution in [0.1, 0.15) is 18.4 Å². The van der Waals surface area contributed by atoms with Gasteiger partial charge in [-0.05, 0) is 37.0 Å². The van der Waals surface area contributed by atoms with Gasteiger partial charge in [0.25, 0.3) is 0 Å². The molecular weight excluding hydrogens is 280 g/mol. The number of ether oxygens (including phenoxy) is 1. The van der Waals surface area contributed by atoms with Gasteiger partial charge < -0.3 is 10.1 Å². The zero-order valence-electron chi connectivity index (χ0n) is 9.58. The van der Waals surface area contributed by atoms with Crippen molar-refractivity contribution in [1.29, 1.82) is 5.26 Å². The van der Waals surface area contributed by atoms with Crippen molar-refractivity contribution in [3.63, 3.8) is 0 Å². The Balaban J connectivity index is 1.89. The lowest BCUT2D eigenvalue weighted by molar-refractivity contribution is 0.185. The monoisotopic (exact) mass is 294 g/mol. The molecule has 0 aliphatic carbocycles. The Labute approximate surface area is 110 Å². The Bertz CT molecular complexity index is 422. The van der Waals surface area contributed by atoms with Crippen LogP contribution in [0.2, 0.25) is 0 Å². The molecule has 1 saturated heterocycles. The minimum Gasteiger partial charge on any atom is -0.384 e. The third-order valence-electron chi connectivity index (χ3n) is 2.99. The summed E-state index contributed by atoms with van der Waals surface area (Å²) in [6.07, 6.45) is 2.25. The molecule has 2 rings (SSSR count). The fourth-order valence-corrected chi connectivity index (χ4v) is 2.34. The molecule has 0 aromatic heterocycles. The van der Waals surface area contributed by atoms with Crippen LogP contribution in [0, 0.1) is 17.2 Å². The summed E-state index contributed by atoms with van der Waals surface area (Å²) >= 11 is 3.41. The van der Waals surface area contributed by atoms with E-state index < -0.39 is 0 Å². The number of rotatable bonds is 4. The van der Waals surface area contributed by atoms with E-state index in [1.165, 1.54) is 0 Å². The first kappa shape index (κ1) is 12.4. The van der Waals surface area contributed by atoms with Crippen molar-refractivity contribution in [2.75, 3.05) is 25.1 Å². The molecule has 17 heavy (non-hydrogen) atoms. The van der Waals surface area contributed by atoms with Gasteiger partial charge in [-0.3, -0.25) is 0 Å². The molecule has 0 radical (unpaired) electrons. The number of benzene rings is 1. The SMILES string of the molecule is N#Cc1ccc(Br)cc1NCCC1CCOC1. The molecule has 0 amide bonds. The first-order valence-electron chi connectivity index (χ1n) is 5.81. The Morgan fingerprint density at radius 1 is 1.53 bits per heavy atom. The molecular formula is C13H15BrN2O. The smallest absolute Gasteiger partial charge is 0.101 e. The quantitative estimate of drug-likeness (QED) is 0.928. The van der Waals surface area contributed by atoms with Crippen LogP contribution < -0.4 is 5.32 Å². The summed E-state index contributed by atoms with van der Waals surface area (Å²) in [6.45, 7) is 2.66. The molecule has 1 unspecified atom stereocenters. The van der Waals surface area contributed by atoms with E-state index >= 15 is 0 Å². The maximum absolute atomic E-state index is 8.99. The maximum atomic E-state index is 8.99. The van der Waals surface area contributed by atoms with E-state index in [0.717, 1.165) is 42.8 Å². The Kier molecular flexibility index (Phi) is 4.41. The third-order valence-corrected chi connectivity index (χ3v) is 3.49. The van der Waals surface area contributed by atoms with Gasteiger partial charge in [-0.15, -0.1) is 0 Å². The normalized spacial score (nSPS) is 18.9. The molecule has 1 aromatic rings. The molecule has 1 N–H and O–H groups in total. The Hall–Kier alpha value is -1.05. The van der Waals surface area contributed by atoms with Gasteiger partial charge in [0.05, 0.1) is 11.3 Å². The predicted molar refractivity (Wildman–Crippen MR) is 70.9 cm³/mol. The van der Waals surface area contributed by atoms with Crippen molar-refractivity contribution in [2.24, 2.45) is 5.92 Å². The minimum atomic E-state index is 0.667. The van der Waals surface area contributed by atoms with Gasteiger partial charge in [0.15, 0.2) is 0 Å². The highest BCUT2D eigenvalue weighted by molar-refractivity contribution is 9.10. The van der Waals surface area contributed by atoms with E-state index in [2.05, 4.69) is 27.3 Å². The van der Waals surface area contributed by atoms with Crippen LogP contribution in [-0.4, -0.2) is 19.8 Å². The molecule has 1 atom stereocenters. The average Bonchev–Trinajstić information content (AvgIpc) is 2.82. The highest BCUT2D eigenvalue weighted by atomic mass is 79.9. The van der Waals surface area contributed by atoms with Crippen molar-refractivity contribution < 1.29 is 4.74 Å². The van der Waals surface area contributed by atoms with E-state index in [1.807, 2.05) is 18.2 Å². The molecule has 3 nitrogen and oxygen atoms in total. The van der Waals surface area contributed by atoms with Crippen LogP contribution in [-0.2, 0) is 4.74 Å². The van der Waals surface area contributed by atoms with Gasteiger partial charge in [-0.1, -0.05) is 15.9 Å². The van der Waals surface area contributed by atoms with Crippen molar-refractivity contribution in [2.45, 2.75) is 12.8 Å². The largest absolute Gasteiger partial charge is 0.384 e. The summed E-state index contributed by atoms with van der Waals surface area (Å²) in [7, 11) is 0. The summed E-state index contributed by atoms with van der Waals surface area (Å²) in [5, 5.41) is 12.3. The van der Waals surface area contributed by atoms with Crippen molar-refractivity contribution in [1.82, 2.24) is 0 Å². The first-order chi connectivity index (χ1) is 8.29. The van der Waals surface area contributed by atoms with Crippen molar-refractivity contribution >= 4 is 21.6 Å². The van der Waals surface area contributed by atoms with Gasteiger partial charge in [0.2, 0.25) is 0 Å². The number of nitrogens with one attached hydrogen (secondary N) is 1. The minimum absolute atomic E-state index is 0.667. The van der Waals surface area contributed by atoms with Crippen LogP contribution in [0.5, 0.6) is 0 Å². The summed E-state index contributed by atoms with van der Waals surface area (Å²) in [5.74, 6) is 0.667. The molecule has 0 bridgehead atoms. The zero-order chi connectivity index (χ0) is 12.1. The Morgan fingerprint density at radius 2 is 2.41 bits per heavy atom. The third kappa shape index (κ3) is 3.45. The summed E-state index contributed by atoms with van der Waals surface area (Å²) in [6, 6.07) is 7.85. The molecule has 1 aliphatic heterocycles. The molecule has 1 aromatic carbocycles. The predicted octanol–water partition coefficient (Wildman–Crippen LogP) is 3.16. The van der Waals surface area contributed by atoms with Crippen LogP contribution >= 0.6 is 15.9 Å². The van der Waals surface area contributed by atoms with Crippen LogP contribution in [0.3, 0.4) is 0 Å². The van der Waals surface area contributed by atoms with Gasteiger partial charge in [0.1, 0.15) is 6.07 Å². The van der Waals surface area contributed by atoms with E-state index in [-0.39, 0.29) is 0 Å². The number of halogens is 1. The number of nitrogens with zero attached hydrogens (tertiary/aromatic N) is 1. The lowest BCUT2D eigenvalue weighted by Gasteiger charge is -2.11. The molecule has 0 spiro atoms. The van der Waals surface area contributed by atoms with Gasteiger partial charge in [-0.25, -0.2) is 0 Å². The van der Waals surface area contributed by atoms with Crippen LogP contribution in [0.4, 0.5) is 5.69 Å². The fourth-order valence-electron chi connectivity index (χ4n) is 1.98. The van der Waals surface area contributed by atoms with Crippen LogP contribution in [0.15, 0.2) is 22.7 Å². The van der Waals surface area contributed by atoms with Crippen molar-refractivity contribution in [3.8, 4) is 6.07 Å². The number of nitriles is 1. The van der Waals surface area contributed by atoms with Gasteiger partial charge in [-0.2, -0.15) is 5.26 Å². The van der Waals surface area contributed by atoms with Crippen molar-refractivity contribution in [3.05, 3.63) is 28.2 Å². The standard InChI is InChI=1S/C13H15BrN2O/c14-12-2-1-11(8-15)13(7-12)16-5-3-10-4-6-17-9-10/h1-2,7,10,16H,3-6,9H2. The lowest BCUT2D eigenvalue weighted by Crippen LogP contribution is -2.09. The topological polar surface area (TPSA) is 45.0 Å². The first-order valence-corrected chi connectivity index (χ1v) is 6.60. The number of hydrogen-bond donors (Lipinski definition) is 1. The summed E-state index contributed by atoms with van der Waals surface area (Å²) < 4.78 is 6.33. The molecule has 4 heteroatoms. The Morgan fingerprint density at radius 3 is 3.12 bits per heavy atom. The fraction of sp³-hybridized carbons (Fsp3) is 0.462. The highest BCUT2D eigenvalue weighted by Gasteiger charge is 2.14. The second kappa shape index (κ2) is 6.04. The highest BCUT2D eigenvalue weighted by Crippen LogP contribution is 2.22. The summed E-state index contributed by atoms with van der Waals surface area (Å²) in [4.78, 5) is 0. The van der Waals surface area contributed by atoms with Crippen LogP contribution in [0.25, 0.3) is 0 Å². The molecule has 1 heterocycles. The second-order valence-corrected chi connectivity index (χ2v) is 5.16.